The van der Waals surface area contributed by atoms with Crippen molar-refractivity contribution >= 4 is 0 Å². The summed E-state index contributed by atoms with van der Waals surface area (Å²) in [5.41, 5.74) is -0.601. The largest absolute Gasteiger partial charge is 0.495 e. The topological polar surface area (TPSA) is 51.6 Å². The molecule has 0 aliphatic rings. The van der Waals surface area contributed by atoms with Crippen molar-refractivity contribution < 1.29 is 14.6 Å². The number of ether oxygens (including phenoxy) is 2. The second kappa shape index (κ2) is 5.27. The van der Waals surface area contributed by atoms with Crippen molar-refractivity contribution in [2.24, 2.45) is 5.92 Å². The van der Waals surface area contributed by atoms with Crippen LogP contribution < -0.4 is 4.74 Å². The molecule has 0 aliphatic carbocycles. The van der Waals surface area contributed by atoms with Crippen LogP contribution in [0.15, 0.2) is 18.3 Å². The van der Waals surface area contributed by atoms with Crippen LogP contribution >= 0.6 is 0 Å². The first-order chi connectivity index (χ1) is 7.56. The van der Waals surface area contributed by atoms with E-state index in [1.54, 1.807) is 32.5 Å². The molecule has 4 nitrogen and oxygen atoms in total. The van der Waals surface area contributed by atoms with Crippen LogP contribution in [-0.4, -0.2) is 30.9 Å². The third-order valence-corrected chi connectivity index (χ3v) is 2.72. The zero-order valence-electron chi connectivity index (χ0n) is 10.2. The number of aromatic nitrogens is 1. The number of methoxy groups -OCH3 is 2. The van der Waals surface area contributed by atoms with Gasteiger partial charge in [-0.15, -0.1) is 0 Å². The first kappa shape index (κ1) is 12.9. The van der Waals surface area contributed by atoms with Gasteiger partial charge >= 0.3 is 0 Å². The molecule has 0 saturated heterocycles. The van der Waals surface area contributed by atoms with Gasteiger partial charge in [-0.25, -0.2) is 0 Å². The van der Waals surface area contributed by atoms with Crippen molar-refractivity contribution in [3.8, 4) is 5.75 Å². The average molecular weight is 225 g/mol. The molecule has 1 aromatic rings. The smallest absolute Gasteiger partial charge is 0.143 e. The molecule has 0 amide bonds. The number of rotatable bonds is 5. The first-order valence-corrected chi connectivity index (χ1v) is 5.27. The Morgan fingerprint density at radius 2 is 2.12 bits per heavy atom. The molecule has 0 aliphatic heterocycles. The van der Waals surface area contributed by atoms with Crippen LogP contribution in [0.5, 0.6) is 5.75 Å². The highest BCUT2D eigenvalue weighted by atomic mass is 16.5. The van der Waals surface area contributed by atoms with Crippen molar-refractivity contribution in [3.05, 3.63) is 24.0 Å². The fourth-order valence-corrected chi connectivity index (χ4v) is 1.61. The molecule has 1 atom stereocenters. The summed E-state index contributed by atoms with van der Waals surface area (Å²) in [6.07, 6.45) is 1.64. The highest BCUT2D eigenvalue weighted by Gasteiger charge is 2.37. The van der Waals surface area contributed by atoms with Gasteiger partial charge < -0.3 is 14.6 Å². The van der Waals surface area contributed by atoms with E-state index in [-0.39, 0.29) is 12.5 Å². The van der Waals surface area contributed by atoms with Crippen molar-refractivity contribution in [3.63, 3.8) is 0 Å². The van der Waals surface area contributed by atoms with Gasteiger partial charge in [0.05, 0.1) is 13.7 Å². The van der Waals surface area contributed by atoms with Gasteiger partial charge in [0.25, 0.3) is 0 Å². The van der Waals surface area contributed by atoms with Crippen LogP contribution in [0.1, 0.15) is 19.5 Å². The number of nitrogens with zero attached hydrogens (tertiary/aromatic N) is 1. The van der Waals surface area contributed by atoms with Crippen molar-refractivity contribution in [2.45, 2.75) is 19.4 Å². The molecule has 4 heteroatoms. The maximum atomic E-state index is 10.6. The molecule has 0 spiro atoms. The Hall–Kier alpha value is -1.13. The third kappa shape index (κ3) is 2.33. The second-order valence-electron chi connectivity index (χ2n) is 4.07. The molecule has 0 saturated carbocycles. The summed E-state index contributed by atoms with van der Waals surface area (Å²) in [5.74, 6) is 0.562. The van der Waals surface area contributed by atoms with Gasteiger partial charge in [0, 0.05) is 13.3 Å². The molecule has 0 aromatic carbocycles. The summed E-state index contributed by atoms with van der Waals surface area (Å²) in [5, 5.41) is 10.6. The van der Waals surface area contributed by atoms with Crippen LogP contribution in [0.2, 0.25) is 0 Å². The maximum absolute atomic E-state index is 10.6. The lowest BCUT2D eigenvalue weighted by Crippen LogP contribution is -2.38. The minimum Gasteiger partial charge on any atom is -0.495 e. The number of pyridine rings is 1. The number of hydrogen-bond donors (Lipinski definition) is 1. The lowest BCUT2D eigenvalue weighted by molar-refractivity contribution is -0.0744. The summed E-state index contributed by atoms with van der Waals surface area (Å²) >= 11 is 0. The van der Waals surface area contributed by atoms with Crippen LogP contribution in [0.4, 0.5) is 0 Å². The monoisotopic (exact) mass is 225 g/mol. The van der Waals surface area contributed by atoms with Gasteiger partial charge in [0.2, 0.25) is 0 Å². The molecule has 1 aromatic heterocycles. The quantitative estimate of drug-likeness (QED) is 0.826. The van der Waals surface area contributed by atoms with Gasteiger partial charge in [-0.3, -0.25) is 4.98 Å². The molecular weight excluding hydrogens is 206 g/mol. The van der Waals surface area contributed by atoms with Gasteiger partial charge in [0.15, 0.2) is 0 Å². The van der Waals surface area contributed by atoms with Crippen molar-refractivity contribution in [1.82, 2.24) is 4.98 Å². The first-order valence-electron chi connectivity index (χ1n) is 5.27. The van der Waals surface area contributed by atoms with E-state index in [0.717, 1.165) is 0 Å². The van der Waals surface area contributed by atoms with Gasteiger partial charge in [-0.2, -0.15) is 0 Å². The highest BCUT2D eigenvalue weighted by Crippen LogP contribution is 2.34. The molecule has 1 N–H and O–H groups in total. The van der Waals surface area contributed by atoms with Gasteiger partial charge in [0.1, 0.15) is 17.0 Å². The third-order valence-electron chi connectivity index (χ3n) is 2.72. The molecule has 0 fully saturated rings. The van der Waals surface area contributed by atoms with Crippen molar-refractivity contribution in [2.75, 3.05) is 20.8 Å². The molecule has 90 valence electrons. The lowest BCUT2D eigenvalue weighted by atomic mass is 9.87. The predicted octanol–water partition coefficient (Wildman–Crippen LogP) is 1.58. The van der Waals surface area contributed by atoms with E-state index in [1.165, 1.54) is 0 Å². The van der Waals surface area contributed by atoms with Crippen LogP contribution in [-0.2, 0) is 10.3 Å². The van der Waals surface area contributed by atoms with Gasteiger partial charge in [-0.1, -0.05) is 13.8 Å². The standard InChI is InChI=1S/C12H19NO3/c1-9(2)12(14,8-15-3)11-10(16-4)6-5-7-13-11/h5-7,9,14H,8H2,1-4H3. The number of hydrogen-bond acceptors (Lipinski definition) is 4. The Kier molecular flexibility index (Phi) is 4.26. The highest BCUT2D eigenvalue weighted by molar-refractivity contribution is 5.32. The molecule has 1 heterocycles. The van der Waals surface area contributed by atoms with E-state index in [0.29, 0.717) is 11.4 Å². The van der Waals surface area contributed by atoms with E-state index >= 15 is 0 Å². The van der Waals surface area contributed by atoms with Crippen molar-refractivity contribution in [1.29, 1.82) is 0 Å². The second-order valence-corrected chi connectivity index (χ2v) is 4.07. The SMILES string of the molecule is COCC(O)(c1ncccc1OC)C(C)C. The average Bonchev–Trinajstić information content (AvgIpc) is 2.29. The molecule has 0 bridgehead atoms. The zero-order chi connectivity index (χ0) is 12.2. The van der Waals surface area contributed by atoms with E-state index < -0.39 is 5.60 Å². The summed E-state index contributed by atoms with van der Waals surface area (Å²) < 4.78 is 10.3. The minimum absolute atomic E-state index is 0.0174. The predicted molar refractivity (Wildman–Crippen MR) is 61.4 cm³/mol. The molecule has 1 unspecified atom stereocenters. The fourth-order valence-electron chi connectivity index (χ4n) is 1.61. The van der Waals surface area contributed by atoms with Crippen LogP contribution in [0, 0.1) is 5.92 Å². The summed E-state index contributed by atoms with van der Waals surface area (Å²) in [4.78, 5) is 4.21. The Morgan fingerprint density at radius 1 is 1.44 bits per heavy atom. The normalized spacial score (nSPS) is 14.9. The summed E-state index contributed by atoms with van der Waals surface area (Å²) in [6.45, 7) is 4.04. The Labute approximate surface area is 96.2 Å². The molecule has 1 rings (SSSR count). The summed E-state index contributed by atoms with van der Waals surface area (Å²) in [7, 11) is 3.12. The van der Waals surface area contributed by atoms with E-state index in [9.17, 15) is 5.11 Å². The maximum Gasteiger partial charge on any atom is 0.143 e. The zero-order valence-corrected chi connectivity index (χ0v) is 10.2. The van der Waals surface area contributed by atoms with Crippen LogP contribution in [0.25, 0.3) is 0 Å². The van der Waals surface area contributed by atoms with E-state index in [4.69, 9.17) is 9.47 Å². The summed E-state index contributed by atoms with van der Waals surface area (Å²) in [6, 6.07) is 3.56. The molecule has 0 radical (unpaired) electrons. The van der Waals surface area contributed by atoms with E-state index in [1.807, 2.05) is 13.8 Å². The Balaban J connectivity index is 3.20. The number of aliphatic hydroxyl groups is 1. The fraction of sp³-hybridized carbons (Fsp3) is 0.583. The Bertz CT molecular complexity index is 341. The molecule has 16 heavy (non-hydrogen) atoms. The molecular formula is C12H19NO3. The van der Waals surface area contributed by atoms with E-state index in [2.05, 4.69) is 4.98 Å². The minimum atomic E-state index is -1.12. The lowest BCUT2D eigenvalue weighted by Gasteiger charge is -2.31. The van der Waals surface area contributed by atoms with Crippen LogP contribution in [0.3, 0.4) is 0 Å². The Morgan fingerprint density at radius 3 is 2.62 bits per heavy atom. The van der Waals surface area contributed by atoms with Gasteiger partial charge in [-0.05, 0) is 18.1 Å².